The fourth-order valence-corrected chi connectivity index (χ4v) is 2.58. The van der Waals surface area contributed by atoms with E-state index in [9.17, 15) is 9.59 Å². The number of aromatic nitrogens is 2. The van der Waals surface area contributed by atoms with Crippen molar-refractivity contribution in [3.63, 3.8) is 0 Å². The number of rotatable bonds is 5. The zero-order valence-corrected chi connectivity index (χ0v) is 14.3. The van der Waals surface area contributed by atoms with Crippen molar-refractivity contribution >= 4 is 29.1 Å². The number of amides is 2. The van der Waals surface area contributed by atoms with Crippen LogP contribution < -0.4 is 20.1 Å². The number of carbonyl (C=O) groups excluding carboxylic acids is 2. The monoisotopic (exact) mass is 364 g/mol. The van der Waals surface area contributed by atoms with Gasteiger partial charge in [0.1, 0.15) is 19.8 Å². The van der Waals surface area contributed by atoms with E-state index in [1.165, 1.54) is 10.9 Å². The van der Waals surface area contributed by atoms with Crippen LogP contribution in [-0.2, 0) is 22.6 Å². The predicted molar refractivity (Wildman–Crippen MR) is 91.1 cm³/mol. The zero-order chi connectivity index (χ0) is 17.8. The molecule has 1 aromatic heterocycles. The van der Waals surface area contributed by atoms with Gasteiger partial charge in [0.15, 0.2) is 11.5 Å². The van der Waals surface area contributed by atoms with Gasteiger partial charge in [0.05, 0.1) is 18.3 Å². The maximum absolute atomic E-state index is 12.2. The van der Waals surface area contributed by atoms with Gasteiger partial charge in [0.25, 0.3) is 0 Å². The maximum atomic E-state index is 12.2. The maximum Gasteiger partial charge on any atom is 0.241 e. The van der Waals surface area contributed by atoms with Crippen molar-refractivity contribution in [3.05, 3.63) is 35.1 Å². The Bertz CT molecular complexity index is 805. The van der Waals surface area contributed by atoms with E-state index >= 15 is 0 Å². The molecule has 0 spiro atoms. The fraction of sp³-hybridized carbons (Fsp3) is 0.312. The Morgan fingerprint density at radius 1 is 1.24 bits per heavy atom. The van der Waals surface area contributed by atoms with Gasteiger partial charge in [0.2, 0.25) is 11.8 Å². The van der Waals surface area contributed by atoms with Crippen molar-refractivity contribution in [2.45, 2.75) is 13.0 Å². The van der Waals surface area contributed by atoms with Crippen molar-refractivity contribution in [2.75, 3.05) is 25.6 Å². The van der Waals surface area contributed by atoms with Crippen molar-refractivity contribution in [3.8, 4) is 11.5 Å². The van der Waals surface area contributed by atoms with Gasteiger partial charge in [-0.3, -0.25) is 14.3 Å². The molecular weight excluding hydrogens is 348 g/mol. The van der Waals surface area contributed by atoms with E-state index in [4.69, 9.17) is 21.1 Å². The molecule has 25 heavy (non-hydrogen) atoms. The van der Waals surface area contributed by atoms with Crippen molar-refractivity contribution in [1.29, 1.82) is 0 Å². The highest BCUT2D eigenvalue weighted by Crippen LogP contribution is 2.35. The average Bonchev–Trinajstić information content (AvgIpc) is 3.02. The Balaban J connectivity index is 1.64. The first kappa shape index (κ1) is 17.1. The van der Waals surface area contributed by atoms with Gasteiger partial charge in [-0.25, -0.2) is 0 Å². The van der Waals surface area contributed by atoms with Crippen LogP contribution in [0.25, 0.3) is 0 Å². The number of carbonyl (C=O) groups is 2. The molecule has 0 bridgehead atoms. The largest absolute Gasteiger partial charge is 0.486 e. The molecule has 0 radical (unpaired) electrons. The number of ether oxygens (including phenoxy) is 2. The Morgan fingerprint density at radius 3 is 2.68 bits per heavy atom. The molecule has 0 aliphatic carbocycles. The van der Waals surface area contributed by atoms with Gasteiger partial charge in [-0.05, 0) is 11.6 Å². The lowest BCUT2D eigenvalue weighted by Gasteiger charge is -2.19. The summed E-state index contributed by atoms with van der Waals surface area (Å²) in [6.07, 6.45) is 3.14. The third-order valence-corrected chi connectivity index (χ3v) is 3.92. The highest BCUT2D eigenvalue weighted by atomic mass is 35.5. The molecule has 3 rings (SSSR count). The standard InChI is InChI=1S/C16H17ClN4O4/c1-18-16(23)9-21-8-11(7-19-21)20-15(22)5-10-4-13-14(6-12(10)17)25-3-2-24-13/h4,6-8H,2-3,5,9H2,1H3,(H,18,23)(H,20,22). The van der Waals surface area contributed by atoms with Crippen LogP contribution in [-0.4, -0.2) is 41.9 Å². The summed E-state index contributed by atoms with van der Waals surface area (Å²) in [6.45, 7) is 1.02. The molecule has 1 aliphatic rings. The first-order chi connectivity index (χ1) is 12.0. The average molecular weight is 365 g/mol. The van der Waals surface area contributed by atoms with E-state index in [0.29, 0.717) is 41.0 Å². The van der Waals surface area contributed by atoms with Crippen molar-refractivity contribution < 1.29 is 19.1 Å². The second kappa shape index (κ2) is 7.43. The molecule has 0 saturated carbocycles. The summed E-state index contributed by atoms with van der Waals surface area (Å²) >= 11 is 6.21. The van der Waals surface area contributed by atoms with Crippen LogP contribution in [0.5, 0.6) is 11.5 Å². The zero-order valence-electron chi connectivity index (χ0n) is 13.5. The summed E-state index contributed by atoms with van der Waals surface area (Å²) in [6, 6.07) is 3.37. The number of anilines is 1. The normalized spacial score (nSPS) is 12.6. The van der Waals surface area contributed by atoms with Crippen molar-refractivity contribution in [1.82, 2.24) is 15.1 Å². The van der Waals surface area contributed by atoms with Crippen LogP contribution in [0.2, 0.25) is 5.02 Å². The van der Waals surface area contributed by atoms with Crippen molar-refractivity contribution in [2.24, 2.45) is 0 Å². The summed E-state index contributed by atoms with van der Waals surface area (Å²) in [5.41, 5.74) is 1.14. The van der Waals surface area contributed by atoms with Crippen LogP contribution in [0.4, 0.5) is 5.69 Å². The van der Waals surface area contributed by atoms with Gasteiger partial charge in [-0.1, -0.05) is 11.6 Å². The molecule has 2 aromatic rings. The summed E-state index contributed by atoms with van der Waals surface area (Å²) in [5, 5.41) is 9.69. The third kappa shape index (κ3) is 4.21. The van der Waals surface area contributed by atoms with Gasteiger partial charge in [-0.15, -0.1) is 0 Å². The molecule has 0 saturated heterocycles. The lowest BCUT2D eigenvalue weighted by Crippen LogP contribution is -2.23. The molecule has 0 atom stereocenters. The lowest BCUT2D eigenvalue weighted by molar-refractivity contribution is -0.121. The van der Waals surface area contributed by atoms with Gasteiger partial charge < -0.3 is 20.1 Å². The van der Waals surface area contributed by atoms with Crippen LogP contribution in [0.1, 0.15) is 5.56 Å². The number of likely N-dealkylation sites (N-methyl/N-ethyl adjacent to an activating group) is 1. The Labute approximate surface area is 149 Å². The van der Waals surface area contributed by atoms with E-state index < -0.39 is 0 Å². The number of nitrogens with zero attached hydrogens (tertiary/aromatic N) is 2. The van der Waals surface area contributed by atoms with Gasteiger partial charge in [0, 0.05) is 24.3 Å². The Morgan fingerprint density at radius 2 is 1.96 bits per heavy atom. The quantitative estimate of drug-likeness (QED) is 0.832. The highest BCUT2D eigenvalue weighted by molar-refractivity contribution is 6.31. The van der Waals surface area contributed by atoms with E-state index in [0.717, 1.165) is 0 Å². The number of benzene rings is 1. The van der Waals surface area contributed by atoms with Crippen LogP contribution in [0, 0.1) is 0 Å². The summed E-state index contributed by atoms with van der Waals surface area (Å²) < 4.78 is 12.4. The predicted octanol–water partition coefficient (Wildman–Crippen LogP) is 1.23. The molecule has 132 valence electrons. The lowest BCUT2D eigenvalue weighted by atomic mass is 10.1. The summed E-state index contributed by atoms with van der Waals surface area (Å²) in [4.78, 5) is 23.5. The minimum Gasteiger partial charge on any atom is -0.486 e. The second-order valence-electron chi connectivity index (χ2n) is 5.41. The molecule has 8 nitrogen and oxygen atoms in total. The topological polar surface area (TPSA) is 94.5 Å². The van der Waals surface area contributed by atoms with E-state index in [1.54, 1.807) is 25.4 Å². The minimum absolute atomic E-state index is 0.0795. The van der Waals surface area contributed by atoms with Crippen LogP contribution in [0.3, 0.4) is 0 Å². The van der Waals surface area contributed by atoms with Gasteiger partial charge >= 0.3 is 0 Å². The SMILES string of the molecule is CNC(=O)Cn1cc(NC(=O)Cc2cc3c(cc2Cl)OCCO3)cn1. The fourth-order valence-electron chi connectivity index (χ4n) is 2.36. The first-order valence-corrected chi connectivity index (χ1v) is 8.04. The molecule has 0 unspecified atom stereocenters. The molecular formula is C16H17ClN4O4. The molecule has 2 N–H and O–H groups in total. The number of fused-ring (bicyclic) bond motifs is 1. The minimum atomic E-state index is -0.252. The molecule has 0 fully saturated rings. The number of halogens is 1. The second-order valence-corrected chi connectivity index (χ2v) is 5.82. The van der Waals surface area contributed by atoms with Crippen LogP contribution >= 0.6 is 11.6 Å². The third-order valence-electron chi connectivity index (χ3n) is 3.56. The van der Waals surface area contributed by atoms with E-state index in [-0.39, 0.29) is 24.8 Å². The first-order valence-electron chi connectivity index (χ1n) is 7.66. The van der Waals surface area contributed by atoms with E-state index in [2.05, 4.69) is 15.7 Å². The number of nitrogens with one attached hydrogen (secondary N) is 2. The number of hydrogen-bond acceptors (Lipinski definition) is 5. The molecule has 9 heteroatoms. The molecule has 2 heterocycles. The molecule has 1 aromatic carbocycles. The molecule has 1 aliphatic heterocycles. The smallest absolute Gasteiger partial charge is 0.241 e. The summed E-state index contributed by atoms with van der Waals surface area (Å²) in [7, 11) is 1.55. The highest BCUT2D eigenvalue weighted by Gasteiger charge is 2.17. The van der Waals surface area contributed by atoms with Crippen LogP contribution in [0.15, 0.2) is 24.5 Å². The Kier molecular flexibility index (Phi) is 5.08. The van der Waals surface area contributed by atoms with E-state index in [1.807, 2.05) is 0 Å². The molecule has 2 amide bonds. The number of hydrogen-bond donors (Lipinski definition) is 2. The summed E-state index contributed by atoms with van der Waals surface area (Å²) in [5.74, 6) is 0.731. The van der Waals surface area contributed by atoms with Gasteiger partial charge in [-0.2, -0.15) is 5.10 Å². The Hall–Kier alpha value is -2.74.